The predicted molar refractivity (Wildman–Crippen MR) is 92.6 cm³/mol. The van der Waals surface area contributed by atoms with Gasteiger partial charge in [0.05, 0.1) is 19.0 Å². The summed E-state index contributed by atoms with van der Waals surface area (Å²) in [6, 6.07) is 0. The van der Waals surface area contributed by atoms with Crippen molar-refractivity contribution in [1.29, 1.82) is 0 Å². The average molecular weight is 352 g/mol. The van der Waals surface area contributed by atoms with Crippen LogP contribution in [0.15, 0.2) is 24.0 Å². The molecular weight excluding hydrogens is 324 g/mol. The average Bonchev–Trinajstić information content (AvgIpc) is 2.48. The number of allylic oxidation sites excluding steroid dienone is 2. The summed E-state index contributed by atoms with van der Waals surface area (Å²) in [5.41, 5.74) is -2.06. The van der Waals surface area contributed by atoms with Crippen molar-refractivity contribution in [3.8, 4) is 0 Å². The lowest BCUT2D eigenvalue weighted by atomic mass is 9.71. The van der Waals surface area contributed by atoms with Crippen LogP contribution in [0, 0.1) is 5.41 Å². The predicted octanol–water partition coefficient (Wildman–Crippen LogP) is 3.11. The molecule has 0 aromatic carbocycles. The fourth-order valence-corrected chi connectivity index (χ4v) is 2.62. The third-order valence-corrected chi connectivity index (χ3v) is 3.76. The molecule has 0 spiro atoms. The molecule has 0 aromatic heterocycles. The smallest absolute Gasteiger partial charge is 0.333 e. The molecule has 1 atom stereocenters. The highest BCUT2D eigenvalue weighted by molar-refractivity contribution is 6.11. The Morgan fingerprint density at radius 3 is 2.36 bits per heavy atom. The van der Waals surface area contributed by atoms with E-state index in [1.54, 1.807) is 27.7 Å². The molecule has 25 heavy (non-hydrogen) atoms. The van der Waals surface area contributed by atoms with Crippen LogP contribution in [0.5, 0.6) is 0 Å². The van der Waals surface area contributed by atoms with Crippen molar-refractivity contribution in [2.24, 2.45) is 5.41 Å². The molecule has 1 unspecified atom stereocenters. The van der Waals surface area contributed by atoms with Crippen molar-refractivity contribution in [3.63, 3.8) is 0 Å². The second kappa shape index (κ2) is 8.32. The second-order valence-corrected chi connectivity index (χ2v) is 6.99. The molecule has 1 aliphatic carbocycles. The van der Waals surface area contributed by atoms with E-state index in [2.05, 4.69) is 6.58 Å². The van der Waals surface area contributed by atoms with Gasteiger partial charge in [0.15, 0.2) is 5.78 Å². The molecule has 0 fully saturated rings. The van der Waals surface area contributed by atoms with Crippen molar-refractivity contribution < 1.29 is 28.6 Å². The van der Waals surface area contributed by atoms with Crippen LogP contribution < -0.4 is 0 Å². The summed E-state index contributed by atoms with van der Waals surface area (Å²) in [6.45, 7) is 13.0. The van der Waals surface area contributed by atoms with E-state index in [1.807, 2.05) is 6.92 Å². The maximum Gasteiger partial charge on any atom is 0.333 e. The third-order valence-electron chi connectivity index (χ3n) is 3.76. The molecule has 1 rings (SSSR count). The van der Waals surface area contributed by atoms with Crippen LogP contribution in [0.4, 0.5) is 0 Å². The number of esters is 2. The summed E-state index contributed by atoms with van der Waals surface area (Å²) in [5, 5.41) is 0. The van der Waals surface area contributed by atoms with Crippen LogP contribution in [0.2, 0.25) is 0 Å². The first-order chi connectivity index (χ1) is 11.6. The zero-order chi connectivity index (χ0) is 19.3. The summed E-state index contributed by atoms with van der Waals surface area (Å²) in [7, 11) is 0. The van der Waals surface area contributed by atoms with Crippen molar-refractivity contribution in [2.75, 3.05) is 13.2 Å². The van der Waals surface area contributed by atoms with Gasteiger partial charge in [-0.05, 0) is 41.0 Å². The van der Waals surface area contributed by atoms with Gasteiger partial charge in [-0.25, -0.2) is 4.79 Å². The minimum atomic E-state index is -1.45. The summed E-state index contributed by atoms with van der Waals surface area (Å²) in [6.07, 6.45) is 1.82. The maximum absolute atomic E-state index is 12.7. The first kappa shape index (κ1) is 20.9. The highest BCUT2D eigenvalue weighted by Crippen LogP contribution is 2.40. The van der Waals surface area contributed by atoms with E-state index in [1.165, 1.54) is 6.08 Å². The van der Waals surface area contributed by atoms with Gasteiger partial charge in [0.25, 0.3) is 0 Å². The van der Waals surface area contributed by atoms with Crippen LogP contribution in [-0.4, -0.2) is 36.5 Å². The molecule has 0 heterocycles. The Hall–Kier alpha value is -2.11. The van der Waals surface area contributed by atoms with Gasteiger partial charge in [0, 0.05) is 24.5 Å². The van der Waals surface area contributed by atoms with Gasteiger partial charge in [-0.3, -0.25) is 9.59 Å². The van der Waals surface area contributed by atoms with Gasteiger partial charge < -0.3 is 14.2 Å². The van der Waals surface area contributed by atoms with Crippen LogP contribution in [0.1, 0.15) is 53.9 Å². The Balaban J connectivity index is 3.07. The number of rotatable bonds is 7. The molecule has 0 saturated carbocycles. The Labute approximate surface area is 149 Å². The summed E-state index contributed by atoms with van der Waals surface area (Å²) in [5.74, 6) is -1.15. The number of carbonyl (C=O) groups excluding carboxylic acids is 3. The monoisotopic (exact) mass is 352 g/mol. The number of hydrogen-bond donors (Lipinski definition) is 0. The van der Waals surface area contributed by atoms with Crippen LogP contribution in [-0.2, 0) is 28.6 Å². The van der Waals surface area contributed by atoms with E-state index in [0.717, 1.165) is 0 Å². The van der Waals surface area contributed by atoms with E-state index < -0.39 is 28.7 Å². The van der Waals surface area contributed by atoms with Crippen LogP contribution in [0.3, 0.4) is 0 Å². The first-order valence-corrected chi connectivity index (χ1v) is 8.52. The topological polar surface area (TPSA) is 78.9 Å². The Morgan fingerprint density at radius 1 is 1.24 bits per heavy atom. The van der Waals surface area contributed by atoms with Gasteiger partial charge in [0.1, 0.15) is 11.0 Å². The fraction of sp³-hybridized carbons (Fsp3) is 0.632. The van der Waals surface area contributed by atoms with Crippen molar-refractivity contribution >= 4 is 17.7 Å². The van der Waals surface area contributed by atoms with E-state index in [9.17, 15) is 14.4 Å². The lowest BCUT2D eigenvalue weighted by Crippen LogP contribution is -2.43. The molecule has 0 N–H and O–H groups in total. The van der Waals surface area contributed by atoms with Gasteiger partial charge in [0.2, 0.25) is 0 Å². The normalized spacial score (nSPS) is 20.5. The quantitative estimate of drug-likeness (QED) is 0.398. The van der Waals surface area contributed by atoms with Crippen LogP contribution in [0.25, 0.3) is 0 Å². The highest BCUT2D eigenvalue weighted by Gasteiger charge is 2.49. The summed E-state index contributed by atoms with van der Waals surface area (Å²) in [4.78, 5) is 37.4. The Bertz CT molecular complexity index is 581. The second-order valence-electron chi connectivity index (χ2n) is 6.99. The molecule has 0 radical (unpaired) electrons. The molecule has 0 bridgehead atoms. The largest absolute Gasteiger partial charge is 0.498 e. The van der Waals surface area contributed by atoms with E-state index in [0.29, 0.717) is 18.8 Å². The lowest BCUT2D eigenvalue weighted by Gasteiger charge is -2.33. The zero-order valence-corrected chi connectivity index (χ0v) is 15.8. The molecule has 140 valence electrons. The van der Waals surface area contributed by atoms with Gasteiger partial charge in [-0.1, -0.05) is 6.58 Å². The molecule has 6 nitrogen and oxygen atoms in total. The fourth-order valence-electron chi connectivity index (χ4n) is 2.62. The van der Waals surface area contributed by atoms with Crippen LogP contribution >= 0.6 is 0 Å². The Morgan fingerprint density at radius 2 is 1.88 bits per heavy atom. The van der Waals surface area contributed by atoms with Gasteiger partial charge in [-0.15, -0.1) is 0 Å². The molecule has 0 aromatic rings. The number of ketones is 1. The Kier molecular flexibility index (Phi) is 6.96. The third kappa shape index (κ3) is 5.44. The van der Waals surface area contributed by atoms with E-state index >= 15 is 0 Å². The minimum Gasteiger partial charge on any atom is -0.498 e. The number of hydrogen-bond acceptors (Lipinski definition) is 6. The number of ether oxygens (including phenoxy) is 3. The molecule has 0 aliphatic heterocycles. The number of carbonyl (C=O) groups is 3. The maximum atomic E-state index is 12.7. The van der Waals surface area contributed by atoms with Gasteiger partial charge >= 0.3 is 11.9 Å². The van der Waals surface area contributed by atoms with Crippen molar-refractivity contribution in [2.45, 2.75) is 59.5 Å². The standard InChI is InChI=1S/C19H28O6/c1-7-23-14-9-10-19(15(20)11-14,17(22)24-8-2)12-13(3)16(21)25-18(4,5)6/h11H,3,7-10,12H2,1-2,4-6H3. The zero-order valence-electron chi connectivity index (χ0n) is 15.8. The molecule has 1 aliphatic rings. The van der Waals surface area contributed by atoms with E-state index in [4.69, 9.17) is 14.2 Å². The SMILES string of the molecule is C=C(CC1(C(=O)OCC)CCC(OCC)=CC1=O)C(=O)OC(C)(C)C. The highest BCUT2D eigenvalue weighted by atomic mass is 16.6. The molecule has 0 amide bonds. The van der Waals surface area contributed by atoms with Gasteiger partial charge in [-0.2, -0.15) is 0 Å². The van der Waals surface area contributed by atoms with Crippen molar-refractivity contribution in [1.82, 2.24) is 0 Å². The molecule has 0 saturated heterocycles. The molecule has 6 heteroatoms. The minimum absolute atomic E-state index is 0.0737. The summed E-state index contributed by atoms with van der Waals surface area (Å²) < 4.78 is 15.8. The van der Waals surface area contributed by atoms with E-state index in [-0.39, 0.29) is 25.0 Å². The summed E-state index contributed by atoms with van der Waals surface area (Å²) >= 11 is 0. The first-order valence-electron chi connectivity index (χ1n) is 8.52. The van der Waals surface area contributed by atoms with Crippen molar-refractivity contribution in [3.05, 3.63) is 24.0 Å². The lowest BCUT2D eigenvalue weighted by molar-refractivity contribution is -0.160. The molecular formula is C19H28O6.